The third-order valence-corrected chi connectivity index (χ3v) is 6.15. The molecule has 0 saturated carbocycles. The van der Waals surface area contributed by atoms with Crippen molar-refractivity contribution in [3.05, 3.63) is 94.3 Å². The number of aromatic hydroxyl groups is 1. The average molecular weight is 458 g/mol. The maximum Gasteiger partial charge on any atom is 0.344 e. The molecule has 0 amide bonds. The SMILES string of the molecule is O=c1oc2cc(O)ccc2c(Cc2ccc(OCCN3CCOCC3)cc2)c1-c1ccccc1. The van der Waals surface area contributed by atoms with E-state index in [2.05, 4.69) is 4.90 Å². The van der Waals surface area contributed by atoms with Crippen LogP contribution in [0.3, 0.4) is 0 Å². The Morgan fingerprint density at radius 2 is 1.71 bits per heavy atom. The van der Waals surface area contributed by atoms with Gasteiger partial charge in [-0.3, -0.25) is 4.90 Å². The zero-order valence-electron chi connectivity index (χ0n) is 18.9. The molecule has 0 aliphatic carbocycles. The number of hydrogen-bond donors (Lipinski definition) is 1. The molecule has 0 bridgehead atoms. The number of benzene rings is 3. The van der Waals surface area contributed by atoms with Crippen LogP contribution in [0.2, 0.25) is 0 Å². The van der Waals surface area contributed by atoms with Crippen LogP contribution in [0.25, 0.3) is 22.1 Å². The summed E-state index contributed by atoms with van der Waals surface area (Å²) in [5.74, 6) is 0.885. The van der Waals surface area contributed by atoms with Gasteiger partial charge >= 0.3 is 5.63 Å². The van der Waals surface area contributed by atoms with Gasteiger partial charge in [0.25, 0.3) is 0 Å². The second-order valence-corrected chi connectivity index (χ2v) is 8.41. The van der Waals surface area contributed by atoms with E-state index in [0.29, 0.717) is 24.2 Å². The zero-order chi connectivity index (χ0) is 23.3. The van der Waals surface area contributed by atoms with Gasteiger partial charge in [0.2, 0.25) is 0 Å². The molecule has 1 aliphatic heterocycles. The zero-order valence-corrected chi connectivity index (χ0v) is 18.9. The van der Waals surface area contributed by atoms with E-state index in [1.807, 2.05) is 54.6 Å². The second kappa shape index (κ2) is 10.1. The van der Waals surface area contributed by atoms with Crippen molar-refractivity contribution in [2.45, 2.75) is 6.42 Å². The highest BCUT2D eigenvalue weighted by atomic mass is 16.5. The molecule has 4 aromatic rings. The number of ether oxygens (including phenoxy) is 2. The molecule has 1 aliphatic rings. The van der Waals surface area contributed by atoms with E-state index in [1.54, 1.807) is 12.1 Å². The first-order valence-corrected chi connectivity index (χ1v) is 11.5. The molecule has 2 heterocycles. The number of morpholine rings is 1. The number of phenols is 1. The van der Waals surface area contributed by atoms with Gasteiger partial charge in [0.1, 0.15) is 23.7 Å². The fraction of sp³-hybridized carbons (Fsp3) is 0.250. The maximum atomic E-state index is 13.0. The van der Waals surface area contributed by atoms with E-state index < -0.39 is 5.63 Å². The lowest BCUT2D eigenvalue weighted by Crippen LogP contribution is -2.38. The van der Waals surface area contributed by atoms with Crippen molar-refractivity contribution >= 4 is 11.0 Å². The molecule has 1 aromatic heterocycles. The van der Waals surface area contributed by atoms with Gasteiger partial charge in [-0.2, -0.15) is 0 Å². The molecule has 1 saturated heterocycles. The Kier molecular flexibility index (Phi) is 6.60. The molecule has 1 fully saturated rings. The Morgan fingerprint density at radius 3 is 2.47 bits per heavy atom. The van der Waals surface area contributed by atoms with Gasteiger partial charge in [-0.25, -0.2) is 4.79 Å². The Bertz CT molecular complexity index is 1310. The highest BCUT2D eigenvalue weighted by Gasteiger charge is 2.17. The van der Waals surface area contributed by atoms with Gasteiger partial charge < -0.3 is 19.0 Å². The number of phenolic OH excluding ortho intramolecular Hbond substituents is 1. The lowest BCUT2D eigenvalue weighted by atomic mass is 9.93. The summed E-state index contributed by atoms with van der Waals surface area (Å²) in [4.78, 5) is 15.3. The van der Waals surface area contributed by atoms with Crippen molar-refractivity contribution < 1.29 is 19.0 Å². The molecule has 1 N–H and O–H groups in total. The van der Waals surface area contributed by atoms with E-state index in [4.69, 9.17) is 13.9 Å². The van der Waals surface area contributed by atoms with Gasteiger partial charge in [-0.1, -0.05) is 42.5 Å². The normalized spacial score (nSPS) is 14.4. The summed E-state index contributed by atoms with van der Waals surface area (Å²) in [5.41, 5.74) is 3.25. The fourth-order valence-electron chi connectivity index (χ4n) is 4.36. The van der Waals surface area contributed by atoms with Crippen LogP contribution in [0.1, 0.15) is 11.1 Å². The fourth-order valence-corrected chi connectivity index (χ4v) is 4.36. The molecule has 0 radical (unpaired) electrons. The number of fused-ring (bicyclic) bond motifs is 1. The van der Waals surface area contributed by atoms with E-state index in [-0.39, 0.29) is 5.75 Å². The van der Waals surface area contributed by atoms with E-state index in [9.17, 15) is 9.90 Å². The minimum atomic E-state index is -0.414. The van der Waals surface area contributed by atoms with Crippen LogP contribution in [-0.2, 0) is 11.2 Å². The number of hydrogen-bond acceptors (Lipinski definition) is 6. The first-order valence-electron chi connectivity index (χ1n) is 11.5. The molecule has 174 valence electrons. The van der Waals surface area contributed by atoms with Gasteiger partial charge in [0.05, 0.1) is 18.8 Å². The Hall–Kier alpha value is -3.61. The van der Waals surface area contributed by atoms with E-state index in [0.717, 1.165) is 60.7 Å². The van der Waals surface area contributed by atoms with Crippen LogP contribution in [0, 0.1) is 0 Å². The topological polar surface area (TPSA) is 72.1 Å². The molecule has 0 unspecified atom stereocenters. The maximum absolute atomic E-state index is 13.0. The monoisotopic (exact) mass is 457 g/mol. The Morgan fingerprint density at radius 1 is 0.941 bits per heavy atom. The molecular formula is C28H27NO5. The van der Waals surface area contributed by atoms with E-state index in [1.165, 1.54) is 6.07 Å². The summed E-state index contributed by atoms with van der Waals surface area (Å²) in [6, 6.07) is 22.4. The minimum Gasteiger partial charge on any atom is -0.508 e. The summed E-state index contributed by atoms with van der Waals surface area (Å²) >= 11 is 0. The summed E-state index contributed by atoms with van der Waals surface area (Å²) in [6.07, 6.45) is 0.547. The average Bonchev–Trinajstić information content (AvgIpc) is 2.86. The van der Waals surface area contributed by atoms with Gasteiger partial charge in [0, 0.05) is 31.1 Å². The lowest BCUT2D eigenvalue weighted by molar-refractivity contribution is 0.0322. The van der Waals surface area contributed by atoms with Crippen LogP contribution in [0.5, 0.6) is 11.5 Å². The largest absolute Gasteiger partial charge is 0.508 e. The van der Waals surface area contributed by atoms with Crippen LogP contribution in [0.15, 0.2) is 82.0 Å². The van der Waals surface area contributed by atoms with Gasteiger partial charge in [-0.15, -0.1) is 0 Å². The summed E-state index contributed by atoms with van der Waals surface area (Å²) in [6.45, 7) is 4.97. The summed E-state index contributed by atoms with van der Waals surface area (Å²) < 4.78 is 16.9. The molecule has 34 heavy (non-hydrogen) atoms. The van der Waals surface area contributed by atoms with Crippen molar-refractivity contribution in [3.8, 4) is 22.6 Å². The Balaban J connectivity index is 1.40. The van der Waals surface area contributed by atoms with Crippen LogP contribution >= 0.6 is 0 Å². The second-order valence-electron chi connectivity index (χ2n) is 8.41. The number of nitrogens with zero attached hydrogens (tertiary/aromatic N) is 1. The third kappa shape index (κ3) is 4.98. The van der Waals surface area contributed by atoms with Crippen LogP contribution < -0.4 is 10.4 Å². The summed E-state index contributed by atoms with van der Waals surface area (Å²) in [5, 5.41) is 10.7. The van der Waals surface area contributed by atoms with Crippen LogP contribution in [0.4, 0.5) is 0 Å². The van der Waals surface area contributed by atoms with Crippen molar-refractivity contribution in [1.29, 1.82) is 0 Å². The van der Waals surface area contributed by atoms with Gasteiger partial charge in [-0.05, 0) is 47.4 Å². The smallest absolute Gasteiger partial charge is 0.344 e. The molecule has 0 spiro atoms. The minimum absolute atomic E-state index is 0.0626. The Labute approximate surface area is 198 Å². The molecule has 0 atom stereocenters. The highest BCUT2D eigenvalue weighted by Crippen LogP contribution is 2.31. The van der Waals surface area contributed by atoms with Crippen molar-refractivity contribution in [1.82, 2.24) is 4.90 Å². The molecule has 5 rings (SSSR count). The highest BCUT2D eigenvalue weighted by molar-refractivity contribution is 5.88. The van der Waals surface area contributed by atoms with Crippen molar-refractivity contribution in [2.24, 2.45) is 0 Å². The third-order valence-electron chi connectivity index (χ3n) is 6.15. The molecule has 3 aromatic carbocycles. The first kappa shape index (κ1) is 22.2. The molecule has 6 nitrogen and oxygen atoms in total. The van der Waals surface area contributed by atoms with E-state index >= 15 is 0 Å². The molecular weight excluding hydrogens is 430 g/mol. The first-order chi connectivity index (χ1) is 16.7. The predicted octanol–water partition coefficient (Wildman–Crippen LogP) is 4.47. The van der Waals surface area contributed by atoms with Gasteiger partial charge in [0.15, 0.2) is 0 Å². The molecule has 6 heteroatoms. The van der Waals surface area contributed by atoms with Crippen molar-refractivity contribution in [2.75, 3.05) is 39.5 Å². The standard InChI is InChI=1S/C28H27NO5/c30-22-8-11-24-25(27(21-4-2-1-3-5-21)28(31)34-26(24)19-22)18-20-6-9-23(10-7-20)33-17-14-29-12-15-32-16-13-29/h1-11,19,30H,12-18H2. The van der Waals surface area contributed by atoms with Crippen LogP contribution in [-0.4, -0.2) is 49.5 Å². The number of rotatable bonds is 7. The van der Waals surface area contributed by atoms with Crippen molar-refractivity contribution in [3.63, 3.8) is 0 Å². The lowest BCUT2D eigenvalue weighted by Gasteiger charge is -2.26. The quantitative estimate of drug-likeness (QED) is 0.413. The summed E-state index contributed by atoms with van der Waals surface area (Å²) in [7, 11) is 0. The predicted molar refractivity (Wildman–Crippen MR) is 132 cm³/mol.